The second kappa shape index (κ2) is 5.56. The Balaban J connectivity index is 2.40. The van der Waals surface area contributed by atoms with E-state index >= 15 is 0 Å². The van der Waals surface area contributed by atoms with Crippen molar-refractivity contribution in [3.05, 3.63) is 63.1 Å². The molecule has 1 nitrogen and oxygen atoms in total. The van der Waals surface area contributed by atoms with Crippen molar-refractivity contribution in [2.45, 2.75) is 6.37 Å². The lowest BCUT2D eigenvalue weighted by Gasteiger charge is -2.06. The molecule has 0 amide bonds. The molecule has 2 aromatic carbocycles. The van der Waals surface area contributed by atoms with Gasteiger partial charge in [0.1, 0.15) is 5.75 Å². The van der Waals surface area contributed by atoms with E-state index in [1.807, 2.05) is 0 Å². The first kappa shape index (κ1) is 9.01. The van der Waals surface area contributed by atoms with E-state index in [1.165, 1.54) is 0 Å². The van der Waals surface area contributed by atoms with Gasteiger partial charge in [0.25, 0.3) is 0 Å². The minimum absolute atomic E-state index is 0.163. The van der Waals surface area contributed by atoms with Gasteiger partial charge >= 0.3 is 0 Å². The molecule has 0 saturated heterocycles. The summed E-state index contributed by atoms with van der Waals surface area (Å²) in [5.74, 6) is 0.542. The van der Waals surface area contributed by atoms with Crippen LogP contribution in [0, 0.1) is 0 Å². The third-order valence-corrected chi connectivity index (χ3v) is 3.05. The number of halogens is 2. The lowest BCUT2D eigenvalue weighted by atomic mass is 10.1. The highest BCUT2D eigenvalue weighted by Crippen LogP contribution is 2.24. The quantitative estimate of drug-likeness (QED) is 0.798. The molecule has 0 heterocycles. The molecular weight excluding hydrogens is 300 g/mol. The zero-order valence-corrected chi connectivity index (χ0v) is 11.3. The van der Waals surface area contributed by atoms with E-state index in [0.29, 0.717) is 21.9 Å². The normalized spacial score (nSPS) is 13.6. The fourth-order valence-electron chi connectivity index (χ4n) is 1.38. The zero-order valence-electron chi connectivity index (χ0n) is 11.9. The van der Waals surface area contributed by atoms with E-state index in [-0.39, 0.29) is 7.09 Å². The summed E-state index contributed by atoms with van der Waals surface area (Å²) in [4.78, 5) is 0. The summed E-state index contributed by atoms with van der Waals surface area (Å²) in [7, 11) is -0.163. The number of benzene rings is 2. The Morgan fingerprint density at radius 1 is 1.29 bits per heavy atom. The molecule has 0 atom stereocenters. The van der Waals surface area contributed by atoms with Gasteiger partial charge in [-0.05, 0) is 47.8 Å². The maximum atomic E-state index is 8.30. The second-order valence-electron chi connectivity index (χ2n) is 3.42. The predicted octanol–water partition coefficient (Wildman–Crippen LogP) is 4.70. The molecule has 88 valence electrons. The molecule has 0 aliphatic rings. The lowest BCUT2D eigenvalue weighted by molar-refractivity contribution is 0.414. The molecule has 0 spiro atoms. The summed E-state index contributed by atoms with van der Waals surface area (Å²) in [6, 6.07) is 11.7. The molecule has 0 bridgehead atoms. The van der Waals surface area contributed by atoms with Crippen LogP contribution in [0.5, 0.6) is 5.75 Å². The summed E-state index contributed by atoms with van der Waals surface area (Å²) >= 11 is 9.43. The smallest absolute Gasteiger partial charge is 0.118 e. The van der Waals surface area contributed by atoms with Crippen molar-refractivity contribution >= 4 is 27.5 Å². The summed E-state index contributed by atoms with van der Waals surface area (Å²) < 4.78 is 29.4. The monoisotopic (exact) mass is 313 g/mol. The van der Waals surface area contributed by atoms with Crippen molar-refractivity contribution in [3.63, 3.8) is 0 Å². The van der Waals surface area contributed by atoms with E-state index in [9.17, 15) is 0 Å². The van der Waals surface area contributed by atoms with Crippen LogP contribution in [0.25, 0.3) is 0 Å². The van der Waals surface area contributed by atoms with Crippen molar-refractivity contribution in [2.75, 3.05) is 7.09 Å². The van der Waals surface area contributed by atoms with E-state index in [4.69, 9.17) is 20.5 Å². The topological polar surface area (TPSA) is 9.23 Å². The minimum atomic E-state index is -1.71. The first-order valence-electron chi connectivity index (χ1n) is 6.64. The van der Waals surface area contributed by atoms with E-state index in [2.05, 4.69) is 15.9 Å². The summed E-state index contributed by atoms with van der Waals surface area (Å²) in [6.07, 6.45) is -1.71. The maximum Gasteiger partial charge on any atom is 0.118 e. The van der Waals surface area contributed by atoms with Crippen LogP contribution in [0.3, 0.4) is 0 Å². The van der Waals surface area contributed by atoms with Crippen LogP contribution in [-0.4, -0.2) is 7.09 Å². The molecule has 0 fully saturated rings. The molecule has 2 aromatic rings. The fourth-order valence-corrected chi connectivity index (χ4v) is 1.91. The molecule has 0 saturated carbocycles. The van der Waals surface area contributed by atoms with Crippen molar-refractivity contribution in [3.8, 4) is 5.75 Å². The molecule has 2 rings (SSSR count). The highest BCUT2D eigenvalue weighted by Gasteiger charge is 2.03. The van der Waals surface area contributed by atoms with Crippen LogP contribution in [0.15, 0.2) is 46.9 Å². The van der Waals surface area contributed by atoms with Crippen LogP contribution in [-0.2, 0) is 6.37 Å². The van der Waals surface area contributed by atoms with Crippen molar-refractivity contribution in [1.29, 1.82) is 0 Å². The predicted molar refractivity (Wildman–Crippen MR) is 75.0 cm³/mol. The Labute approximate surface area is 119 Å². The molecule has 0 N–H and O–H groups in total. The molecule has 0 aliphatic carbocycles. The van der Waals surface area contributed by atoms with Gasteiger partial charge in [0, 0.05) is 12.2 Å². The highest BCUT2D eigenvalue weighted by atomic mass is 79.9. The average molecular weight is 315 g/mol. The van der Waals surface area contributed by atoms with Gasteiger partial charge in [0.2, 0.25) is 0 Å². The zero-order chi connectivity index (χ0) is 14.8. The maximum absolute atomic E-state index is 8.30. The van der Waals surface area contributed by atoms with Crippen LogP contribution in [0.2, 0.25) is 5.02 Å². The van der Waals surface area contributed by atoms with Gasteiger partial charge in [-0.25, -0.2) is 0 Å². The Kier molecular flexibility index (Phi) is 2.95. The average Bonchev–Trinajstić information content (AvgIpc) is 2.42. The molecule has 0 aromatic heterocycles. The summed E-state index contributed by atoms with van der Waals surface area (Å²) in [6.45, 7) is 0. The van der Waals surface area contributed by atoms with Gasteiger partial charge in [0.05, 0.1) is 8.46 Å². The van der Waals surface area contributed by atoms with Gasteiger partial charge < -0.3 is 4.74 Å². The lowest BCUT2D eigenvalue weighted by Crippen LogP contribution is -1.90. The third-order valence-electron chi connectivity index (χ3n) is 2.23. The summed E-state index contributed by atoms with van der Waals surface area (Å²) in [5, 5.41) is 0.379. The van der Waals surface area contributed by atoms with E-state index < -0.39 is 6.37 Å². The Morgan fingerprint density at radius 3 is 2.76 bits per heavy atom. The fraction of sp³-hybridized carbons (Fsp3) is 0.143. The number of hydrogen-bond donors (Lipinski definition) is 0. The molecule has 17 heavy (non-hydrogen) atoms. The molecule has 0 unspecified atom stereocenters. The largest absolute Gasteiger partial charge is 0.497 e. The molecule has 0 radical (unpaired) electrons. The van der Waals surface area contributed by atoms with Crippen LogP contribution in [0.4, 0.5) is 0 Å². The third kappa shape index (κ3) is 3.24. The first-order chi connectivity index (χ1) is 9.45. The number of hydrogen-bond acceptors (Lipinski definition) is 1. The van der Waals surface area contributed by atoms with Crippen molar-refractivity contribution < 1.29 is 8.85 Å². The van der Waals surface area contributed by atoms with Crippen molar-refractivity contribution in [1.82, 2.24) is 0 Å². The molecule has 3 heteroatoms. The van der Waals surface area contributed by atoms with Crippen LogP contribution >= 0.6 is 27.5 Å². The number of rotatable bonds is 3. The number of ether oxygens (including phenoxy) is 1. The van der Waals surface area contributed by atoms with Gasteiger partial charge in [-0.15, -0.1) is 0 Å². The summed E-state index contributed by atoms with van der Waals surface area (Å²) in [5.41, 5.74) is 0.887. The van der Waals surface area contributed by atoms with E-state index in [0.717, 1.165) is 4.47 Å². The van der Waals surface area contributed by atoms with Gasteiger partial charge in [-0.3, -0.25) is 0 Å². The Hall–Kier alpha value is -0.990. The van der Waals surface area contributed by atoms with Gasteiger partial charge in [0.15, 0.2) is 0 Å². The van der Waals surface area contributed by atoms with Crippen LogP contribution in [0.1, 0.15) is 15.2 Å². The SMILES string of the molecule is [2H]COc1ccc(C([2H])([2H])c2cc(Br)ccc2Cl)cc1. The molecular formula is C14H12BrClO. The highest BCUT2D eigenvalue weighted by molar-refractivity contribution is 9.10. The Morgan fingerprint density at radius 2 is 2.06 bits per heavy atom. The molecule has 0 aliphatic heterocycles. The van der Waals surface area contributed by atoms with E-state index in [1.54, 1.807) is 42.5 Å². The minimum Gasteiger partial charge on any atom is -0.497 e. The number of methoxy groups -OCH3 is 1. The van der Waals surface area contributed by atoms with Gasteiger partial charge in [-0.1, -0.05) is 39.7 Å². The van der Waals surface area contributed by atoms with Crippen LogP contribution < -0.4 is 4.74 Å². The second-order valence-corrected chi connectivity index (χ2v) is 4.74. The first-order valence-corrected chi connectivity index (χ1v) is 6.10. The van der Waals surface area contributed by atoms with Crippen molar-refractivity contribution in [2.24, 2.45) is 0 Å². The standard InChI is InChI=1S/C14H12BrClO/c1-17-13-5-2-10(3-6-13)8-11-9-12(15)4-7-14(11)16/h2-7,9H,8H2,1H3/i1D,8D2. The van der Waals surface area contributed by atoms with Gasteiger partial charge in [-0.2, -0.15) is 0 Å². The Bertz CT molecular complexity index is 602.